The molecule has 1 amide bonds. The van der Waals surface area contributed by atoms with E-state index in [0.717, 1.165) is 16.9 Å². The summed E-state index contributed by atoms with van der Waals surface area (Å²) >= 11 is 1.66. The fraction of sp³-hybridized carbons (Fsp3) is 0.174. The Morgan fingerprint density at radius 1 is 0.968 bits per heavy atom. The molecule has 8 heteroatoms. The summed E-state index contributed by atoms with van der Waals surface area (Å²) in [5, 5.41) is 2.87. The van der Waals surface area contributed by atoms with Crippen LogP contribution in [0.25, 0.3) is 0 Å². The Balaban J connectivity index is 1.61. The molecule has 3 rings (SSSR count). The minimum absolute atomic E-state index is 0.0708. The third-order valence-electron chi connectivity index (χ3n) is 4.46. The highest BCUT2D eigenvalue weighted by molar-refractivity contribution is 7.99. The molecular formula is C23H23FN2O3S2. The van der Waals surface area contributed by atoms with Crippen LogP contribution in [0.15, 0.2) is 83.8 Å². The summed E-state index contributed by atoms with van der Waals surface area (Å²) in [5.41, 5.74) is 1.54. The number of nitrogens with zero attached hydrogens (tertiary/aromatic N) is 1. The number of benzene rings is 3. The van der Waals surface area contributed by atoms with Gasteiger partial charge in [0.15, 0.2) is 0 Å². The summed E-state index contributed by atoms with van der Waals surface area (Å²) in [6.07, 6.45) is 1.11. The minimum atomic E-state index is -3.57. The second kappa shape index (κ2) is 10.5. The van der Waals surface area contributed by atoms with Crippen LogP contribution in [0.3, 0.4) is 0 Å². The van der Waals surface area contributed by atoms with Crippen LogP contribution >= 0.6 is 11.8 Å². The van der Waals surface area contributed by atoms with Crippen LogP contribution in [0.1, 0.15) is 15.9 Å². The lowest BCUT2D eigenvalue weighted by Crippen LogP contribution is -2.29. The highest BCUT2D eigenvalue weighted by atomic mass is 32.2. The molecule has 0 bridgehead atoms. The van der Waals surface area contributed by atoms with E-state index in [4.69, 9.17) is 0 Å². The van der Waals surface area contributed by atoms with Gasteiger partial charge in [-0.1, -0.05) is 30.3 Å². The monoisotopic (exact) mass is 458 g/mol. The molecule has 0 unspecified atom stereocenters. The van der Waals surface area contributed by atoms with Crippen molar-refractivity contribution in [2.45, 2.75) is 11.4 Å². The van der Waals surface area contributed by atoms with Crippen molar-refractivity contribution in [1.82, 2.24) is 5.32 Å². The van der Waals surface area contributed by atoms with E-state index in [0.29, 0.717) is 23.4 Å². The lowest BCUT2D eigenvalue weighted by molar-refractivity contribution is 0.0956. The van der Waals surface area contributed by atoms with E-state index in [2.05, 4.69) is 5.32 Å². The first-order valence-corrected chi connectivity index (χ1v) is 12.4. The van der Waals surface area contributed by atoms with Crippen molar-refractivity contribution in [2.24, 2.45) is 0 Å². The highest BCUT2D eigenvalue weighted by Crippen LogP contribution is 2.22. The molecule has 5 nitrogen and oxygen atoms in total. The number of anilines is 1. The molecule has 0 heterocycles. The largest absolute Gasteiger partial charge is 0.351 e. The normalized spacial score (nSPS) is 11.2. The number of halogens is 1. The zero-order chi connectivity index (χ0) is 22.3. The van der Waals surface area contributed by atoms with Gasteiger partial charge in [-0.05, 0) is 54.1 Å². The Morgan fingerprint density at radius 3 is 2.23 bits per heavy atom. The summed E-state index contributed by atoms with van der Waals surface area (Å²) in [4.78, 5) is 13.5. The maximum absolute atomic E-state index is 13.1. The number of thioether (sulfide) groups is 1. The van der Waals surface area contributed by atoms with Crippen LogP contribution < -0.4 is 9.62 Å². The van der Waals surface area contributed by atoms with E-state index in [9.17, 15) is 17.6 Å². The predicted molar refractivity (Wildman–Crippen MR) is 123 cm³/mol. The van der Waals surface area contributed by atoms with Gasteiger partial charge in [-0.15, -0.1) is 11.8 Å². The Kier molecular flexibility index (Phi) is 7.70. The molecule has 0 saturated heterocycles. The molecule has 0 saturated carbocycles. The SMILES string of the molecule is CS(=O)(=O)N(Cc1ccc(F)cc1)c1ccc(C(=O)NCCSc2ccccc2)cc1. The predicted octanol–water partition coefficient (Wildman–Crippen LogP) is 4.31. The Labute approximate surface area is 186 Å². The van der Waals surface area contributed by atoms with Gasteiger partial charge in [0, 0.05) is 22.8 Å². The summed E-state index contributed by atoms with van der Waals surface area (Å²) in [6, 6.07) is 22.0. The lowest BCUT2D eigenvalue weighted by atomic mass is 10.1. The summed E-state index contributed by atoms with van der Waals surface area (Å²) in [6.45, 7) is 0.585. The van der Waals surface area contributed by atoms with Crippen molar-refractivity contribution in [3.8, 4) is 0 Å². The lowest BCUT2D eigenvalue weighted by Gasteiger charge is -2.22. The molecule has 0 aliphatic heterocycles. The smallest absolute Gasteiger partial charge is 0.251 e. The maximum atomic E-state index is 13.1. The Hall–Kier alpha value is -2.84. The highest BCUT2D eigenvalue weighted by Gasteiger charge is 2.18. The standard InChI is InChI=1S/C23H23FN2O3S2/c1-31(28,29)26(17-18-7-11-20(24)12-8-18)21-13-9-19(10-14-21)23(27)25-15-16-30-22-5-3-2-4-6-22/h2-14H,15-17H2,1H3,(H,25,27). The van der Waals surface area contributed by atoms with Gasteiger partial charge in [0.1, 0.15) is 5.82 Å². The molecule has 1 N–H and O–H groups in total. The average molecular weight is 459 g/mol. The number of amides is 1. The van der Waals surface area contributed by atoms with Crippen molar-refractivity contribution in [1.29, 1.82) is 0 Å². The molecule has 0 aliphatic rings. The van der Waals surface area contributed by atoms with E-state index >= 15 is 0 Å². The fourth-order valence-electron chi connectivity index (χ4n) is 2.89. The minimum Gasteiger partial charge on any atom is -0.351 e. The number of sulfonamides is 1. The second-order valence-electron chi connectivity index (χ2n) is 6.86. The van der Waals surface area contributed by atoms with Crippen molar-refractivity contribution in [3.63, 3.8) is 0 Å². The number of carbonyl (C=O) groups excluding carboxylic acids is 1. The fourth-order valence-corrected chi connectivity index (χ4v) is 4.56. The van der Waals surface area contributed by atoms with Gasteiger partial charge in [0.25, 0.3) is 5.91 Å². The molecular weight excluding hydrogens is 435 g/mol. The first-order valence-electron chi connectivity index (χ1n) is 9.61. The van der Waals surface area contributed by atoms with E-state index in [1.165, 1.54) is 16.4 Å². The zero-order valence-electron chi connectivity index (χ0n) is 17.0. The van der Waals surface area contributed by atoms with Crippen molar-refractivity contribution in [3.05, 3.63) is 95.8 Å². The number of rotatable bonds is 9. The first-order chi connectivity index (χ1) is 14.8. The topological polar surface area (TPSA) is 66.5 Å². The molecule has 0 aromatic heterocycles. The van der Waals surface area contributed by atoms with Gasteiger partial charge < -0.3 is 5.32 Å². The van der Waals surface area contributed by atoms with Crippen LogP contribution in [0.4, 0.5) is 10.1 Å². The molecule has 0 spiro atoms. The molecule has 0 atom stereocenters. The molecule has 3 aromatic carbocycles. The van der Waals surface area contributed by atoms with Crippen molar-refractivity contribution in [2.75, 3.05) is 22.9 Å². The molecule has 0 aliphatic carbocycles. The third-order valence-corrected chi connectivity index (χ3v) is 6.61. The van der Waals surface area contributed by atoms with Gasteiger partial charge in [-0.2, -0.15) is 0 Å². The van der Waals surface area contributed by atoms with E-state index in [1.54, 1.807) is 48.2 Å². The van der Waals surface area contributed by atoms with E-state index in [-0.39, 0.29) is 18.3 Å². The van der Waals surface area contributed by atoms with Crippen LogP contribution in [0.5, 0.6) is 0 Å². The number of hydrogen-bond acceptors (Lipinski definition) is 4. The zero-order valence-corrected chi connectivity index (χ0v) is 18.6. The molecule has 0 radical (unpaired) electrons. The van der Waals surface area contributed by atoms with Crippen molar-refractivity contribution >= 4 is 33.4 Å². The summed E-state index contributed by atoms with van der Waals surface area (Å²) < 4.78 is 38.9. The second-order valence-corrected chi connectivity index (χ2v) is 9.94. The van der Waals surface area contributed by atoms with Crippen LogP contribution in [0, 0.1) is 5.82 Å². The third kappa shape index (κ3) is 6.83. The Morgan fingerprint density at radius 2 is 1.61 bits per heavy atom. The molecule has 3 aromatic rings. The van der Waals surface area contributed by atoms with Gasteiger partial charge >= 0.3 is 0 Å². The number of carbonyl (C=O) groups is 1. The summed E-state index contributed by atoms with van der Waals surface area (Å²) in [5.74, 6) is 0.143. The molecule has 162 valence electrons. The quantitative estimate of drug-likeness (QED) is 0.383. The average Bonchev–Trinajstić information content (AvgIpc) is 2.76. The van der Waals surface area contributed by atoms with E-state index in [1.807, 2.05) is 30.3 Å². The molecule has 31 heavy (non-hydrogen) atoms. The first kappa shape index (κ1) is 22.8. The number of nitrogens with one attached hydrogen (secondary N) is 1. The van der Waals surface area contributed by atoms with Crippen LogP contribution in [-0.4, -0.2) is 32.9 Å². The number of hydrogen-bond donors (Lipinski definition) is 1. The van der Waals surface area contributed by atoms with Gasteiger partial charge in [0.05, 0.1) is 18.5 Å². The maximum Gasteiger partial charge on any atom is 0.251 e. The van der Waals surface area contributed by atoms with Gasteiger partial charge in [-0.25, -0.2) is 12.8 Å². The van der Waals surface area contributed by atoms with Crippen LogP contribution in [0.2, 0.25) is 0 Å². The summed E-state index contributed by atoms with van der Waals surface area (Å²) in [7, 11) is -3.57. The van der Waals surface area contributed by atoms with Gasteiger partial charge in [-0.3, -0.25) is 9.10 Å². The van der Waals surface area contributed by atoms with E-state index < -0.39 is 10.0 Å². The van der Waals surface area contributed by atoms with Crippen LogP contribution in [-0.2, 0) is 16.6 Å². The van der Waals surface area contributed by atoms with Gasteiger partial charge in [0.2, 0.25) is 10.0 Å². The molecule has 0 fully saturated rings. The van der Waals surface area contributed by atoms with Crippen molar-refractivity contribution < 1.29 is 17.6 Å². The Bertz CT molecular complexity index is 1100.